The third-order valence-corrected chi connectivity index (χ3v) is 5.96. The normalized spacial score (nSPS) is 20.6. The molecule has 154 valence electrons. The molecule has 0 radical (unpaired) electrons. The zero-order chi connectivity index (χ0) is 20.6. The minimum atomic E-state index is -0.158. The van der Waals surface area contributed by atoms with E-state index in [0.29, 0.717) is 19.0 Å². The number of piperazine rings is 1. The fourth-order valence-corrected chi connectivity index (χ4v) is 4.50. The number of anilines is 1. The summed E-state index contributed by atoms with van der Waals surface area (Å²) in [6.07, 6.45) is 0.955. The van der Waals surface area contributed by atoms with Gasteiger partial charge in [-0.2, -0.15) is 0 Å². The lowest BCUT2D eigenvalue weighted by Gasteiger charge is -2.37. The minimum Gasteiger partial charge on any atom is -0.497 e. The fraction of sp³-hybridized carbons (Fsp3) is 0.458. The Morgan fingerprint density at radius 1 is 1.10 bits per heavy atom. The van der Waals surface area contributed by atoms with E-state index in [1.54, 1.807) is 7.11 Å². The zero-order valence-corrected chi connectivity index (χ0v) is 17.8. The van der Waals surface area contributed by atoms with Crippen LogP contribution in [0.25, 0.3) is 0 Å². The summed E-state index contributed by atoms with van der Waals surface area (Å²) >= 11 is 0. The van der Waals surface area contributed by atoms with Crippen LogP contribution in [0.2, 0.25) is 0 Å². The molecule has 1 amide bonds. The van der Waals surface area contributed by atoms with Crippen molar-refractivity contribution in [3.05, 3.63) is 53.6 Å². The maximum absolute atomic E-state index is 13.1. The lowest BCUT2D eigenvalue weighted by atomic mass is 9.85. The first-order valence-corrected chi connectivity index (χ1v) is 10.4. The SMILES string of the molecule is COc1cccc(N2CCN(C(=O)c3ccc4c(c3)[C@@H](C)CC(C)(C)O4)CC2)c1. The van der Waals surface area contributed by atoms with E-state index in [-0.39, 0.29) is 11.5 Å². The molecule has 1 fully saturated rings. The smallest absolute Gasteiger partial charge is 0.253 e. The van der Waals surface area contributed by atoms with Gasteiger partial charge in [0.05, 0.1) is 7.11 Å². The average molecular weight is 395 g/mol. The highest BCUT2D eigenvalue weighted by molar-refractivity contribution is 5.95. The van der Waals surface area contributed by atoms with Crippen molar-refractivity contribution in [2.45, 2.75) is 38.7 Å². The molecular formula is C24H30N2O3. The third kappa shape index (κ3) is 4.04. The Morgan fingerprint density at radius 3 is 2.59 bits per heavy atom. The number of rotatable bonds is 3. The Labute approximate surface area is 173 Å². The summed E-state index contributed by atoms with van der Waals surface area (Å²) in [6, 6.07) is 14.0. The van der Waals surface area contributed by atoms with Crippen LogP contribution in [0.1, 0.15) is 49.0 Å². The highest BCUT2D eigenvalue weighted by Gasteiger charge is 2.32. The summed E-state index contributed by atoms with van der Waals surface area (Å²) in [6.45, 7) is 9.51. The van der Waals surface area contributed by atoms with E-state index in [0.717, 1.165) is 47.8 Å². The van der Waals surface area contributed by atoms with Crippen LogP contribution in [0.5, 0.6) is 11.5 Å². The van der Waals surface area contributed by atoms with Crippen LogP contribution in [-0.2, 0) is 0 Å². The van der Waals surface area contributed by atoms with Gasteiger partial charge in [0, 0.05) is 43.5 Å². The lowest BCUT2D eigenvalue weighted by molar-refractivity contribution is 0.0730. The van der Waals surface area contributed by atoms with Gasteiger partial charge in [-0.15, -0.1) is 0 Å². The van der Waals surface area contributed by atoms with Gasteiger partial charge in [-0.3, -0.25) is 4.79 Å². The van der Waals surface area contributed by atoms with Crippen molar-refractivity contribution in [2.24, 2.45) is 0 Å². The summed E-state index contributed by atoms with van der Waals surface area (Å²) in [5, 5.41) is 0. The first-order valence-electron chi connectivity index (χ1n) is 10.4. The van der Waals surface area contributed by atoms with Crippen LogP contribution in [0.4, 0.5) is 5.69 Å². The van der Waals surface area contributed by atoms with Crippen LogP contribution in [-0.4, -0.2) is 49.7 Å². The monoisotopic (exact) mass is 394 g/mol. The van der Waals surface area contributed by atoms with Gasteiger partial charge in [-0.1, -0.05) is 13.0 Å². The number of hydrogen-bond acceptors (Lipinski definition) is 4. The molecule has 5 heteroatoms. The number of nitrogens with zero attached hydrogens (tertiary/aromatic N) is 2. The van der Waals surface area contributed by atoms with E-state index in [4.69, 9.17) is 9.47 Å². The standard InChI is InChI=1S/C24H30N2O3/c1-17-16-24(2,3)29-22-9-8-18(14-21(17)22)23(27)26-12-10-25(11-13-26)19-6-5-7-20(15-19)28-4/h5-9,14-15,17H,10-13,16H2,1-4H3/t17-/m0/s1. The zero-order valence-electron chi connectivity index (χ0n) is 17.8. The quantitative estimate of drug-likeness (QED) is 0.777. The topological polar surface area (TPSA) is 42.0 Å². The van der Waals surface area contributed by atoms with E-state index in [2.05, 4.69) is 31.7 Å². The summed E-state index contributed by atoms with van der Waals surface area (Å²) in [7, 11) is 1.68. The predicted molar refractivity (Wildman–Crippen MR) is 115 cm³/mol. The molecule has 0 unspecified atom stereocenters. The minimum absolute atomic E-state index is 0.107. The largest absolute Gasteiger partial charge is 0.497 e. The second-order valence-electron chi connectivity index (χ2n) is 8.70. The van der Waals surface area contributed by atoms with Crippen molar-refractivity contribution in [2.75, 3.05) is 38.2 Å². The molecule has 0 bridgehead atoms. The number of fused-ring (bicyclic) bond motifs is 1. The Morgan fingerprint density at radius 2 is 1.86 bits per heavy atom. The number of methoxy groups -OCH3 is 1. The molecule has 0 spiro atoms. The van der Waals surface area contributed by atoms with Crippen molar-refractivity contribution >= 4 is 11.6 Å². The van der Waals surface area contributed by atoms with Gasteiger partial charge in [0.15, 0.2) is 0 Å². The number of ether oxygens (including phenoxy) is 2. The number of carbonyl (C=O) groups is 1. The van der Waals surface area contributed by atoms with Crippen LogP contribution in [0, 0.1) is 0 Å². The first kappa shape index (κ1) is 19.6. The van der Waals surface area contributed by atoms with Crippen LogP contribution >= 0.6 is 0 Å². The average Bonchev–Trinajstić information content (AvgIpc) is 2.72. The summed E-state index contributed by atoms with van der Waals surface area (Å²) < 4.78 is 11.4. The molecule has 29 heavy (non-hydrogen) atoms. The van der Waals surface area contributed by atoms with Crippen molar-refractivity contribution < 1.29 is 14.3 Å². The van der Waals surface area contributed by atoms with Crippen LogP contribution in [0.3, 0.4) is 0 Å². The molecule has 0 aliphatic carbocycles. The molecule has 1 saturated heterocycles. The fourth-order valence-electron chi connectivity index (χ4n) is 4.50. The van der Waals surface area contributed by atoms with Crippen molar-refractivity contribution in [3.63, 3.8) is 0 Å². The first-order chi connectivity index (χ1) is 13.9. The van der Waals surface area contributed by atoms with Crippen molar-refractivity contribution in [1.82, 2.24) is 4.90 Å². The molecular weight excluding hydrogens is 364 g/mol. The Bertz CT molecular complexity index is 901. The highest BCUT2D eigenvalue weighted by atomic mass is 16.5. The van der Waals surface area contributed by atoms with Crippen molar-refractivity contribution in [3.8, 4) is 11.5 Å². The molecule has 2 aromatic rings. The summed E-state index contributed by atoms with van der Waals surface area (Å²) in [5.74, 6) is 2.25. The Balaban J connectivity index is 1.44. The number of benzene rings is 2. The van der Waals surface area contributed by atoms with E-state index < -0.39 is 0 Å². The van der Waals surface area contributed by atoms with Crippen molar-refractivity contribution in [1.29, 1.82) is 0 Å². The molecule has 1 atom stereocenters. The Hall–Kier alpha value is -2.69. The van der Waals surface area contributed by atoms with Crippen LogP contribution in [0.15, 0.2) is 42.5 Å². The molecule has 4 rings (SSSR count). The molecule has 2 aromatic carbocycles. The summed E-state index contributed by atoms with van der Waals surface area (Å²) in [5.41, 5.74) is 2.88. The van der Waals surface area contributed by atoms with Gasteiger partial charge in [0.1, 0.15) is 17.1 Å². The maximum atomic E-state index is 13.1. The third-order valence-electron chi connectivity index (χ3n) is 5.96. The van der Waals surface area contributed by atoms with Gasteiger partial charge >= 0.3 is 0 Å². The van der Waals surface area contributed by atoms with Gasteiger partial charge in [0.2, 0.25) is 0 Å². The molecule has 2 aliphatic rings. The molecule has 0 aromatic heterocycles. The second kappa shape index (κ2) is 7.62. The second-order valence-corrected chi connectivity index (χ2v) is 8.70. The van der Waals surface area contributed by atoms with E-state index in [9.17, 15) is 4.79 Å². The molecule has 0 N–H and O–H groups in total. The highest BCUT2D eigenvalue weighted by Crippen LogP contribution is 2.41. The van der Waals surface area contributed by atoms with Crippen LogP contribution < -0.4 is 14.4 Å². The van der Waals surface area contributed by atoms with E-state index >= 15 is 0 Å². The summed E-state index contributed by atoms with van der Waals surface area (Å²) in [4.78, 5) is 17.4. The lowest BCUT2D eigenvalue weighted by Crippen LogP contribution is -2.48. The maximum Gasteiger partial charge on any atom is 0.253 e. The van der Waals surface area contributed by atoms with Gasteiger partial charge in [0.25, 0.3) is 5.91 Å². The molecule has 5 nitrogen and oxygen atoms in total. The molecule has 2 aliphatic heterocycles. The predicted octanol–water partition coefficient (Wildman–Crippen LogP) is 4.32. The Kier molecular flexibility index (Phi) is 5.15. The number of hydrogen-bond donors (Lipinski definition) is 0. The van der Waals surface area contributed by atoms with E-state index in [1.165, 1.54) is 0 Å². The van der Waals surface area contributed by atoms with E-state index in [1.807, 2.05) is 41.3 Å². The van der Waals surface area contributed by atoms with Gasteiger partial charge in [-0.25, -0.2) is 0 Å². The number of carbonyl (C=O) groups excluding carboxylic acids is 1. The van der Waals surface area contributed by atoms with Gasteiger partial charge in [-0.05, 0) is 62.1 Å². The molecule has 0 saturated carbocycles. The van der Waals surface area contributed by atoms with Gasteiger partial charge < -0.3 is 19.3 Å². The molecule has 2 heterocycles. The number of amides is 1.